The van der Waals surface area contributed by atoms with Crippen molar-refractivity contribution in [2.24, 2.45) is 0 Å². The fraction of sp³-hybridized carbons (Fsp3) is 0.182. The highest BCUT2D eigenvalue weighted by Gasteiger charge is 2.18. The standard InChI is InChI=1S/C22H18N2OS/c25-19(12-9-14-5-2-1-3-6-14)23-22-24-21-17-8-4-7-15-10-11-16(20(15)17)13-18(21)26-22/h1-8,13H,9-12H2,(H,23,24,25). The van der Waals surface area contributed by atoms with E-state index in [0.717, 1.165) is 29.5 Å². The topological polar surface area (TPSA) is 42.0 Å². The largest absolute Gasteiger partial charge is 0.302 e. The Morgan fingerprint density at radius 3 is 2.77 bits per heavy atom. The van der Waals surface area contributed by atoms with Crippen LogP contribution in [0.1, 0.15) is 23.1 Å². The maximum Gasteiger partial charge on any atom is 0.226 e. The highest BCUT2D eigenvalue weighted by atomic mass is 32.1. The zero-order chi connectivity index (χ0) is 17.5. The maximum atomic E-state index is 12.3. The SMILES string of the molecule is O=C(CCc1ccccc1)Nc1nc2c(cc3c4c(cccc42)CC3)s1. The number of aromatic nitrogens is 1. The van der Waals surface area contributed by atoms with Gasteiger partial charge >= 0.3 is 0 Å². The molecule has 1 aliphatic rings. The van der Waals surface area contributed by atoms with Gasteiger partial charge in [-0.3, -0.25) is 4.79 Å². The Morgan fingerprint density at radius 1 is 1.04 bits per heavy atom. The van der Waals surface area contributed by atoms with Crippen molar-refractivity contribution in [3.63, 3.8) is 0 Å². The predicted molar refractivity (Wildman–Crippen MR) is 108 cm³/mol. The lowest BCUT2D eigenvalue weighted by Gasteiger charge is -2.02. The Bertz CT molecular complexity index is 1130. The van der Waals surface area contributed by atoms with Crippen LogP contribution in [0.2, 0.25) is 0 Å². The number of thiazole rings is 1. The monoisotopic (exact) mass is 358 g/mol. The summed E-state index contributed by atoms with van der Waals surface area (Å²) in [4.78, 5) is 17.0. The number of hydrogen-bond acceptors (Lipinski definition) is 3. The zero-order valence-electron chi connectivity index (χ0n) is 14.3. The molecule has 0 spiro atoms. The second-order valence-electron chi connectivity index (χ2n) is 6.77. The normalized spacial score (nSPS) is 12.8. The van der Waals surface area contributed by atoms with E-state index in [0.29, 0.717) is 11.6 Å². The Kier molecular flexibility index (Phi) is 3.71. The molecular formula is C22H18N2OS. The molecule has 1 aliphatic carbocycles. The highest BCUT2D eigenvalue weighted by molar-refractivity contribution is 7.22. The fourth-order valence-electron chi connectivity index (χ4n) is 3.84. The summed E-state index contributed by atoms with van der Waals surface area (Å²) in [5, 5.41) is 6.27. The van der Waals surface area contributed by atoms with Crippen molar-refractivity contribution in [3.8, 4) is 0 Å². The number of amides is 1. The first-order valence-electron chi connectivity index (χ1n) is 8.96. The second kappa shape index (κ2) is 6.22. The molecule has 0 atom stereocenters. The van der Waals surface area contributed by atoms with Crippen molar-refractivity contribution in [2.45, 2.75) is 25.7 Å². The number of carbonyl (C=O) groups is 1. The van der Waals surface area contributed by atoms with Crippen LogP contribution in [0.4, 0.5) is 5.13 Å². The quantitative estimate of drug-likeness (QED) is 0.550. The molecule has 0 radical (unpaired) electrons. The van der Waals surface area contributed by atoms with Crippen LogP contribution in [-0.4, -0.2) is 10.9 Å². The van der Waals surface area contributed by atoms with Crippen LogP contribution < -0.4 is 5.32 Å². The van der Waals surface area contributed by atoms with E-state index in [2.05, 4.69) is 41.7 Å². The molecule has 3 nitrogen and oxygen atoms in total. The average Bonchev–Trinajstić information content (AvgIpc) is 3.26. The van der Waals surface area contributed by atoms with Crippen molar-refractivity contribution in [1.29, 1.82) is 0 Å². The Labute approximate surface area is 155 Å². The molecule has 0 fully saturated rings. The van der Waals surface area contributed by atoms with E-state index < -0.39 is 0 Å². The third-order valence-electron chi connectivity index (χ3n) is 5.08. The summed E-state index contributed by atoms with van der Waals surface area (Å²) >= 11 is 1.57. The number of carbonyl (C=O) groups excluding carboxylic acids is 1. The molecule has 3 aromatic carbocycles. The number of benzene rings is 3. The van der Waals surface area contributed by atoms with Gasteiger partial charge in [-0.05, 0) is 47.4 Å². The van der Waals surface area contributed by atoms with Crippen molar-refractivity contribution in [3.05, 3.63) is 71.3 Å². The van der Waals surface area contributed by atoms with Gasteiger partial charge in [0.25, 0.3) is 0 Å². The molecule has 128 valence electrons. The Morgan fingerprint density at radius 2 is 1.88 bits per heavy atom. The van der Waals surface area contributed by atoms with Crippen molar-refractivity contribution < 1.29 is 4.79 Å². The van der Waals surface area contributed by atoms with E-state index in [1.807, 2.05) is 18.2 Å². The summed E-state index contributed by atoms with van der Waals surface area (Å²) < 4.78 is 1.16. The number of nitrogens with zero attached hydrogens (tertiary/aromatic N) is 1. The molecule has 1 N–H and O–H groups in total. The fourth-order valence-corrected chi connectivity index (χ4v) is 4.81. The lowest BCUT2D eigenvalue weighted by molar-refractivity contribution is -0.116. The number of rotatable bonds is 4. The van der Waals surface area contributed by atoms with Gasteiger partial charge in [-0.2, -0.15) is 0 Å². The predicted octanol–water partition coefficient (Wildman–Crippen LogP) is 5.12. The lowest BCUT2D eigenvalue weighted by Crippen LogP contribution is -2.11. The summed E-state index contributed by atoms with van der Waals surface area (Å²) in [7, 11) is 0. The summed E-state index contributed by atoms with van der Waals surface area (Å²) in [5.41, 5.74) is 5.02. The van der Waals surface area contributed by atoms with Crippen molar-refractivity contribution >= 4 is 43.4 Å². The van der Waals surface area contributed by atoms with Gasteiger partial charge in [-0.25, -0.2) is 4.98 Å². The van der Waals surface area contributed by atoms with Gasteiger partial charge < -0.3 is 5.32 Å². The molecule has 4 aromatic rings. The van der Waals surface area contributed by atoms with Gasteiger partial charge in [0, 0.05) is 11.8 Å². The number of nitrogens with one attached hydrogen (secondary N) is 1. The molecule has 1 aromatic heterocycles. The number of aryl methyl sites for hydroxylation is 3. The molecule has 0 saturated carbocycles. The first kappa shape index (κ1) is 15.5. The zero-order valence-corrected chi connectivity index (χ0v) is 15.1. The van der Waals surface area contributed by atoms with Crippen LogP contribution in [0.15, 0.2) is 54.6 Å². The van der Waals surface area contributed by atoms with Crippen molar-refractivity contribution in [2.75, 3.05) is 5.32 Å². The summed E-state index contributed by atoms with van der Waals surface area (Å²) in [6.07, 6.45) is 3.43. The van der Waals surface area contributed by atoms with Gasteiger partial charge in [0.1, 0.15) is 0 Å². The highest BCUT2D eigenvalue weighted by Crippen LogP contribution is 2.39. The smallest absolute Gasteiger partial charge is 0.226 e. The number of fused-ring (bicyclic) bond motifs is 2. The third kappa shape index (κ3) is 2.67. The van der Waals surface area contributed by atoms with Crippen molar-refractivity contribution in [1.82, 2.24) is 4.98 Å². The molecule has 5 rings (SSSR count). The van der Waals surface area contributed by atoms with Crippen LogP contribution >= 0.6 is 11.3 Å². The molecule has 1 amide bonds. The van der Waals surface area contributed by atoms with Gasteiger partial charge in [0.2, 0.25) is 5.91 Å². The van der Waals surface area contributed by atoms with Gasteiger partial charge in [0.15, 0.2) is 5.13 Å². The molecule has 1 heterocycles. The molecule has 0 saturated heterocycles. The first-order chi connectivity index (χ1) is 12.8. The maximum absolute atomic E-state index is 12.3. The summed E-state index contributed by atoms with van der Waals surface area (Å²) in [6, 6.07) is 18.8. The van der Waals surface area contributed by atoms with Crippen LogP contribution in [0.5, 0.6) is 0 Å². The van der Waals surface area contributed by atoms with Crippen LogP contribution in [-0.2, 0) is 24.1 Å². The first-order valence-corrected chi connectivity index (χ1v) is 9.77. The molecule has 4 heteroatoms. The molecule has 0 bridgehead atoms. The average molecular weight is 358 g/mol. The summed E-state index contributed by atoms with van der Waals surface area (Å²) in [5.74, 6) is 0.0187. The minimum atomic E-state index is 0.0187. The number of anilines is 1. The van der Waals surface area contributed by atoms with Gasteiger partial charge in [-0.1, -0.05) is 59.9 Å². The van der Waals surface area contributed by atoms with Gasteiger partial charge in [-0.15, -0.1) is 0 Å². The Balaban J connectivity index is 1.41. The molecule has 0 unspecified atom stereocenters. The van der Waals surface area contributed by atoms with E-state index in [1.54, 1.807) is 11.3 Å². The molecule has 0 aliphatic heterocycles. The Hall–Kier alpha value is -2.72. The second-order valence-corrected chi connectivity index (χ2v) is 7.81. The van der Waals surface area contributed by atoms with Crippen LogP contribution in [0.25, 0.3) is 21.0 Å². The third-order valence-corrected chi connectivity index (χ3v) is 6.00. The van der Waals surface area contributed by atoms with E-state index in [1.165, 1.54) is 27.5 Å². The number of hydrogen-bond donors (Lipinski definition) is 1. The van der Waals surface area contributed by atoms with Crippen LogP contribution in [0, 0.1) is 0 Å². The van der Waals surface area contributed by atoms with E-state index >= 15 is 0 Å². The van der Waals surface area contributed by atoms with Crippen LogP contribution in [0.3, 0.4) is 0 Å². The lowest BCUT2D eigenvalue weighted by atomic mass is 10.0. The summed E-state index contributed by atoms with van der Waals surface area (Å²) in [6.45, 7) is 0. The molecular weight excluding hydrogens is 340 g/mol. The van der Waals surface area contributed by atoms with E-state index in [4.69, 9.17) is 4.98 Å². The molecule has 26 heavy (non-hydrogen) atoms. The minimum absolute atomic E-state index is 0.0187. The van der Waals surface area contributed by atoms with Gasteiger partial charge in [0.05, 0.1) is 10.2 Å². The van der Waals surface area contributed by atoms with E-state index in [-0.39, 0.29) is 5.91 Å². The van der Waals surface area contributed by atoms with E-state index in [9.17, 15) is 4.79 Å². The minimum Gasteiger partial charge on any atom is -0.302 e.